The molecule has 2 N–H and O–H groups in total. The number of nitrogens with zero attached hydrogens (tertiary/aromatic N) is 1. The van der Waals surface area contributed by atoms with Gasteiger partial charge in [-0.2, -0.15) is 0 Å². The van der Waals surface area contributed by atoms with E-state index in [2.05, 4.69) is 31.5 Å². The van der Waals surface area contributed by atoms with E-state index in [0.717, 1.165) is 42.1 Å². The van der Waals surface area contributed by atoms with Gasteiger partial charge in [0.05, 0.1) is 17.6 Å². The Labute approximate surface area is 127 Å². The largest absolute Gasteiger partial charge is 0.496 e. The summed E-state index contributed by atoms with van der Waals surface area (Å²) in [5.74, 6) is 0.766. The molecule has 1 heterocycles. The molecule has 1 aromatic rings. The van der Waals surface area contributed by atoms with Crippen molar-refractivity contribution in [2.45, 2.75) is 13.0 Å². The Morgan fingerprint density at radius 1 is 1.45 bits per heavy atom. The molecule has 110 valence electrons. The predicted octanol–water partition coefficient (Wildman–Crippen LogP) is 1.69. The van der Waals surface area contributed by atoms with Gasteiger partial charge in [-0.1, -0.05) is 0 Å². The summed E-state index contributed by atoms with van der Waals surface area (Å²) in [5, 5.41) is 6.23. The first kappa shape index (κ1) is 15.3. The van der Waals surface area contributed by atoms with E-state index in [9.17, 15) is 4.79 Å². The molecule has 1 saturated heterocycles. The fraction of sp³-hybridized carbons (Fsp3) is 0.500. The first-order valence-electron chi connectivity index (χ1n) is 6.71. The van der Waals surface area contributed by atoms with Gasteiger partial charge < -0.3 is 15.4 Å². The molecule has 1 unspecified atom stereocenters. The van der Waals surface area contributed by atoms with E-state index in [0.29, 0.717) is 0 Å². The molecule has 20 heavy (non-hydrogen) atoms. The zero-order valence-corrected chi connectivity index (χ0v) is 13.4. The number of hydrogen-bond acceptors (Lipinski definition) is 4. The third kappa shape index (κ3) is 3.71. The van der Waals surface area contributed by atoms with Crippen molar-refractivity contribution in [2.24, 2.45) is 0 Å². The second kappa shape index (κ2) is 7.06. The third-order valence-electron chi connectivity index (χ3n) is 3.50. The van der Waals surface area contributed by atoms with Gasteiger partial charge in [0.25, 0.3) is 0 Å². The van der Waals surface area contributed by atoms with Gasteiger partial charge in [0, 0.05) is 31.9 Å². The van der Waals surface area contributed by atoms with Crippen LogP contribution in [0.2, 0.25) is 0 Å². The molecule has 5 nitrogen and oxygen atoms in total. The van der Waals surface area contributed by atoms with E-state index in [1.807, 2.05) is 25.1 Å². The number of benzene rings is 1. The number of ether oxygens (including phenoxy) is 1. The summed E-state index contributed by atoms with van der Waals surface area (Å²) in [6.07, 6.45) is 0. The number of anilines is 1. The van der Waals surface area contributed by atoms with Crippen LogP contribution in [0.1, 0.15) is 6.92 Å². The standard InChI is InChI=1S/C14H20BrN3O2/c1-10(18-7-5-16-6-8-18)14(19)17-11-3-4-13(20-2)12(15)9-11/h3-4,9-10,16H,5-8H2,1-2H3,(H,17,19). The Bertz CT molecular complexity index is 475. The Kier molecular flexibility index (Phi) is 5.39. The lowest BCUT2D eigenvalue weighted by Gasteiger charge is -2.31. The molecule has 0 bridgehead atoms. The summed E-state index contributed by atoms with van der Waals surface area (Å²) in [6.45, 7) is 5.62. The molecule has 1 atom stereocenters. The lowest BCUT2D eigenvalue weighted by molar-refractivity contribution is -0.120. The SMILES string of the molecule is COc1ccc(NC(=O)C(C)N2CCNCC2)cc1Br. The van der Waals surface area contributed by atoms with Crippen LogP contribution in [0.4, 0.5) is 5.69 Å². The molecule has 0 saturated carbocycles. The summed E-state index contributed by atoms with van der Waals surface area (Å²) in [7, 11) is 1.62. The minimum absolute atomic E-state index is 0.0176. The molecule has 2 rings (SSSR count). The van der Waals surface area contributed by atoms with Crippen molar-refractivity contribution in [1.82, 2.24) is 10.2 Å². The van der Waals surface area contributed by atoms with Gasteiger partial charge in [-0.25, -0.2) is 0 Å². The van der Waals surface area contributed by atoms with E-state index in [1.165, 1.54) is 0 Å². The highest BCUT2D eigenvalue weighted by Crippen LogP contribution is 2.27. The zero-order valence-electron chi connectivity index (χ0n) is 11.8. The highest BCUT2D eigenvalue weighted by atomic mass is 79.9. The van der Waals surface area contributed by atoms with Crippen molar-refractivity contribution in [3.05, 3.63) is 22.7 Å². The van der Waals surface area contributed by atoms with Gasteiger partial charge in [-0.15, -0.1) is 0 Å². The summed E-state index contributed by atoms with van der Waals surface area (Å²) in [6, 6.07) is 5.39. The van der Waals surface area contributed by atoms with E-state index in [1.54, 1.807) is 7.11 Å². The quantitative estimate of drug-likeness (QED) is 0.875. The molecule has 1 aliphatic heterocycles. The number of carbonyl (C=O) groups is 1. The number of amides is 1. The van der Waals surface area contributed by atoms with Gasteiger partial charge in [0.15, 0.2) is 0 Å². The van der Waals surface area contributed by atoms with Crippen LogP contribution in [-0.2, 0) is 4.79 Å². The minimum Gasteiger partial charge on any atom is -0.496 e. The van der Waals surface area contributed by atoms with E-state index in [4.69, 9.17) is 4.74 Å². The first-order valence-corrected chi connectivity index (χ1v) is 7.50. The first-order chi connectivity index (χ1) is 9.61. The number of rotatable bonds is 4. The lowest BCUT2D eigenvalue weighted by atomic mass is 10.2. The van der Waals surface area contributed by atoms with Gasteiger partial charge in [-0.3, -0.25) is 9.69 Å². The number of methoxy groups -OCH3 is 1. The Morgan fingerprint density at radius 2 is 2.15 bits per heavy atom. The van der Waals surface area contributed by atoms with Crippen molar-refractivity contribution in [2.75, 3.05) is 38.6 Å². The highest BCUT2D eigenvalue weighted by molar-refractivity contribution is 9.10. The second-order valence-corrected chi connectivity index (χ2v) is 5.65. The number of carbonyl (C=O) groups excluding carboxylic acids is 1. The molecule has 1 amide bonds. The maximum atomic E-state index is 12.3. The van der Waals surface area contributed by atoms with Crippen LogP contribution in [0.3, 0.4) is 0 Å². The summed E-state index contributed by atoms with van der Waals surface area (Å²) in [5.41, 5.74) is 0.768. The smallest absolute Gasteiger partial charge is 0.241 e. The maximum Gasteiger partial charge on any atom is 0.241 e. The lowest BCUT2D eigenvalue weighted by Crippen LogP contribution is -2.51. The molecule has 6 heteroatoms. The molecule has 1 aromatic carbocycles. The van der Waals surface area contributed by atoms with E-state index < -0.39 is 0 Å². The van der Waals surface area contributed by atoms with Crippen LogP contribution in [0.5, 0.6) is 5.75 Å². The molecular weight excluding hydrogens is 322 g/mol. The second-order valence-electron chi connectivity index (χ2n) is 4.80. The van der Waals surface area contributed by atoms with Gasteiger partial charge >= 0.3 is 0 Å². The fourth-order valence-electron chi connectivity index (χ4n) is 2.23. The van der Waals surface area contributed by atoms with Crippen LogP contribution in [0.15, 0.2) is 22.7 Å². The van der Waals surface area contributed by atoms with Crippen LogP contribution in [-0.4, -0.2) is 50.1 Å². The Morgan fingerprint density at radius 3 is 2.75 bits per heavy atom. The van der Waals surface area contributed by atoms with Gasteiger partial charge in [0.1, 0.15) is 5.75 Å². The van der Waals surface area contributed by atoms with Crippen LogP contribution < -0.4 is 15.4 Å². The summed E-state index contributed by atoms with van der Waals surface area (Å²) in [4.78, 5) is 14.4. The number of nitrogens with one attached hydrogen (secondary N) is 2. The molecule has 1 fully saturated rings. The number of piperazine rings is 1. The third-order valence-corrected chi connectivity index (χ3v) is 4.12. The molecule has 0 aromatic heterocycles. The summed E-state index contributed by atoms with van der Waals surface area (Å²) < 4.78 is 6.00. The highest BCUT2D eigenvalue weighted by Gasteiger charge is 2.22. The van der Waals surface area contributed by atoms with Crippen molar-refractivity contribution >= 4 is 27.5 Å². The van der Waals surface area contributed by atoms with Gasteiger partial charge in [0.2, 0.25) is 5.91 Å². The number of hydrogen-bond donors (Lipinski definition) is 2. The van der Waals surface area contributed by atoms with Crippen LogP contribution >= 0.6 is 15.9 Å². The van der Waals surface area contributed by atoms with E-state index in [-0.39, 0.29) is 11.9 Å². The molecule has 1 aliphatic rings. The molecule has 0 radical (unpaired) electrons. The summed E-state index contributed by atoms with van der Waals surface area (Å²) >= 11 is 3.42. The van der Waals surface area contributed by atoms with Crippen molar-refractivity contribution in [3.8, 4) is 5.75 Å². The normalized spacial score (nSPS) is 17.6. The van der Waals surface area contributed by atoms with E-state index >= 15 is 0 Å². The van der Waals surface area contributed by atoms with Crippen LogP contribution in [0, 0.1) is 0 Å². The Balaban J connectivity index is 1.98. The van der Waals surface area contributed by atoms with Crippen molar-refractivity contribution in [1.29, 1.82) is 0 Å². The average Bonchev–Trinajstić information content (AvgIpc) is 2.47. The zero-order chi connectivity index (χ0) is 14.5. The monoisotopic (exact) mass is 341 g/mol. The molecule has 0 spiro atoms. The predicted molar refractivity (Wildman–Crippen MR) is 83.2 cm³/mol. The minimum atomic E-state index is -0.127. The topological polar surface area (TPSA) is 53.6 Å². The average molecular weight is 342 g/mol. The fourth-order valence-corrected chi connectivity index (χ4v) is 2.77. The maximum absolute atomic E-state index is 12.3. The number of halogens is 1. The van der Waals surface area contributed by atoms with Crippen molar-refractivity contribution < 1.29 is 9.53 Å². The molecular formula is C14H20BrN3O2. The van der Waals surface area contributed by atoms with Crippen LogP contribution in [0.25, 0.3) is 0 Å². The van der Waals surface area contributed by atoms with Gasteiger partial charge in [-0.05, 0) is 41.1 Å². The Hall–Kier alpha value is -1.11. The molecule has 0 aliphatic carbocycles. The van der Waals surface area contributed by atoms with Crippen molar-refractivity contribution in [3.63, 3.8) is 0 Å².